The van der Waals surface area contributed by atoms with E-state index in [1.807, 2.05) is 38.1 Å². The van der Waals surface area contributed by atoms with Crippen LogP contribution in [-0.4, -0.2) is 56.6 Å². The number of nitrogens with zero attached hydrogens (tertiary/aromatic N) is 2. The van der Waals surface area contributed by atoms with Crippen molar-refractivity contribution in [3.8, 4) is 5.75 Å². The molecule has 0 heterocycles. The molecule has 36 heavy (non-hydrogen) atoms. The van der Waals surface area contributed by atoms with Crippen molar-refractivity contribution in [2.45, 2.75) is 65.1 Å². The van der Waals surface area contributed by atoms with Gasteiger partial charge in [-0.25, -0.2) is 8.42 Å². The highest BCUT2D eigenvalue weighted by atomic mass is 32.2. The van der Waals surface area contributed by atoms with Gasteiger partial charge in [-0.05, 0) is 63.4 Å². The highest BCUT2D eigenvalue weighted by Gasteiger charge is 2.31. The van der Waals surface area contributed by atoms with E-state index in [0.717, 1.165) is 47.4 Å². The molecule has 1 fully saturated rings. The average molecular weight is 516 g/mol. The molecule has 0 aromatic heterocycles. The van der Waals surface area contributed by atoms with Gasteiger partial charge in [0.1, 0.15) is 18.3 Å². The zero-order valence-corrected chi connectivity index (χ0v) is 22.4. The Morgan fingerprint density at radius 3 is 2.22 bits per heavy atom. The van der Waals surface area contributed by atoms with Crippen LogP contribution in [-0.2, 0) is 26.2 Å². The second kappa shape index (κ2) is 12.3. The van der Waals surface area contributed by atoms with E-state index in [0.29, 0.717) is 18.0 Å². The van der Waals surface area contributed by atoms with Gasteiger partial charge in [-0.2, -0.15) is 0 Å². The molecule has 2 amide bonds. The van der Waals surface area contributed by atoms with Gasteiger partial charge in [-0.3, -0.25) is 13.9 Å². The number of ether oxygens (including phenoxy) is 1. The molecule has 0 saturated heterocycles. The molecule has 1 aliphatic rings. The van der Waals surface area contributed by atoms with Crippen molar-refractivity contribution in [1.82, 2.24) is 10.2 Å². The van der Waals surface area contributed by atoms with Crippen LogP contribution < -0.4 is 14.4 Å². The van der Waals surface area contributed by atoms with Crippen LogP contribution in [0.25, 0.3) is 0 Å². The second-order valence-electron chi connectivity index (χ2n) is 9.37. The van der Waals surface area contributed by atoms with Crippen molar-refractivity contribution < 1.29 is 22.7 Å². The molecule has 1 N–H and O–H groups in total. The van der Waals surface area contributed by atoms with Gasteiger partial charge >= 0.3 is 0 Å². The Bertz CT molecular complexity index is 1130. The standard InChI is InChI=1S/C27H37N3O5S/c1-5-35-25-16-14-24(15-17-25)30(36(4,33)34)19-26(31)29(18-22-12-10-20(2)11-13-22)21(3)27(32)28-23-8-6-7-9-23/h10-17,21,23H,5-9,18-19H2,1-4H3,(H,28,32). The third-order valence-corrected chi connectivity index (χ3v) is 7.60. The minimum Gasteiger partial charge on any atom is -0.494 e. The quantitative estimate of drug-likeness (QED) is 0.493. The summed E-state index contributed by atoms with van der Waals surface area (Å²) in [6, 6.07) is 13.6. The number of sulfonamides is 1. The minimum absolute atomic E-state index is 0.118. The van der Waals surface area contributed by atoms with Crippen LogP contribution in [0.1, 0.15) is 50.7 Å². The number of benzene rings is 2. The SMILES string of the molecule is CCOc1ccc(N(CC(=O)N(Cc2ccc(C)cc2)C(C)C(=O)NC2CCCC2)S(C)(=O)=O)cc1. The zero-order valence-electron chi connectivity index (χ0n) is 21.6. The third-order valence-electron chi connectivity index (χ3n) is 6.46. The number of carbonyl (C=O) groups is 2. The normalized spacial score (nSPS) is 14.8. The lowest BCUT2D eigenvalue weighted by Crippen LogP contribution is -2.52. The first kappa shape index (κ1) is 27.5. The number of hydrogen-bond donors (Lipinski definition) is 1. The van der Waals surface area contributed by atoms with Crippen molar-refractivity contribution >= 4 is 27.5 Å². The maximum absolute atomic E-state index is 13.6. The molecule has 2 aromatic rings. The maximum Gasteiger partial charge on any atom is 0.244 e. The Morgan fingerprint density at radius 2 is 1.67 bits per heavy atom. The first-order valence-corrected chi connectivity index (χ1v) is 14.3. The molecule has 0 radical (unpaired) electrons. The molecule has 1 unspecified atom stereocenters. The lowest BCUT2D eigenvalue weighted by Gasteiger charge is -2.32. The van der Waals surface area contributed by atoms with Crippen molar-refractivity contribution in [2.75, 3.05) is 23.7 Å². The molecule has 0 spiro atoms. The van der Waals surface area contributed by atoms with Gasteiger partial charge in [-0.15, -0.1) is 0 Å². The van der Waals surface area contributed by atoms with E-state index in [4.69, 9.17) is 4.74 Å². The van der Waals surface area contributed by atoms with E-state index in [-0.39, 0.29) is 18.5 Å². The smallest absolute Gasteiger partial charge is 0.244 e. The van der Waals surface area contributed by atoms with E-state index in [2.05, 4.69) is 5.32 Å². The summed E-state index contributed by atoms with van der Waals surface area (Å²) in [4.78, 5) is 28.2. The molecule has 8 nitrogen and oxygen atoms in total. The molecular formula is C27H37N3O5S. The number of carbonyl (C=O) groups excluding carboxylic acids is 2. The summed E-state index contributed by atoms with van der Waals surface area (Å²) < 4.78 is 31.9. The summed E-state index contributed by atoms with van der Waals surface area (Å²) in [7, 11) is -3.77. The van der Waals surface area contributed by atoms with Gasteiger partial charge in [0, 0.05) is 12.6 Å². The molecule has 2 aromatic carbocycles. The highest BCUT2D eigenvalue weighted by molar-refractivity contribution is 7.92. The molecule has 196 valence electrons. The lowest BCUT2D eigenvalue weighted by molar-refractivity contribution is -0.139. The van der Waals surface area contributed by atoms with Crippen molar-refractivity contribution in [3.05, 3.63) is 59.7 Å². The number of rotatable bonds is 11. The summed E-state index contributed by atoms with van der Waals surface area (Å²) in [5, 5.41) is 3.06. The summed E-state index contributed by atoms with van der Waals surface area (Å²) in [5.41, 5.74) is 2.30. The van der Waals surface area contributed by atoms with E-state index >= 15 is 0 Å². The minimum atomic E-state index is -3.77. The molecular weight excluding hydrogens is 478 g/mol. The van der Waals surface area contributed by atoms with Crippen LogP contribution in [0.2, 0.25) is 0 Å². The van der Waals surface area contributed by atoms with E-state index in [1.165, 1.54) is 4.90 Å². The predicted octanol–water partition coefficient (Wildman–Crippen LogP) is 3.64. The molecule has 1 atom stereocenters. The summed E-state index contributed by atoms with van der Waals surface area (Å²) in [6.07, 6.45) is 5.10. The lowest BCUT2D eigenvalue weighted by atomic mass is 10.1. The van der Waals surface area contributed by atoms with E-state index < -0.39 is 28.5 Å². The van der Waals surface area contributed by atoms with Crippen LogP contribution in [0, 0.1) is 6.92 Å². The second-order valence-corrected chi connectivity index (χ2v) is 11.3. The van der Waals surface area contributed by atoms with Crippen molar-refractivity contribution in [2.24, 2.45) is 0 Å². The van der Waals surface area contributed by atoms with Crippen molar-refractivity contribution in [3.63, 3.8) is 0 Å². The number of aryl methyl sites for hydroxylation is 1. The molecule has 3 rings (SSSR count). The summed E-state index contributed by atoms with van der Waals surface area (Å²) in [5.74, 6) is -0.0717. The number of hydrogen-bond acceptors (Lipinski definition) is 5. The van der Waals surface area contributed by atoms with Crippen LogP contribution in [0.15, 0.2) is 48.5 Å². The topological polar surface area (TPSA) is 96.0 Å². The number of nitrogens with one attached hydrogen (secondary N) is 1. The van der Waals surface area contributed by atoms with Gasteiger partial charge < -0.3 is 15.0 Å². The Balaban J connectivity index is 1.85. The maximum atomic E-state index is 13.6. The van der Waals surface area contributed by atoms with Gasteiger partial charge in [0.2, 0.25) is 21.8 Å². The molecule has 1 aliphatic carbocycles. The summed E-state index contributed by atoms with van der Waals surface area (Å²) >= 11 is 0. The Morgan fingerprint density at radius 1 is 1.06 bits per heavy atom. The zero-order chi connectivity index (χ0) is 26.3. The first-order chi connectivity index (χ1) is 17.1. The number of amides is 2. The largest absolute Gasteiger partial charge is 0.494 e. The van der Waals surface area contributed by atoms with Crippen LogP contribution in [0.4, 0.5) is 5.69 Å². The fourth-order valence-corrected chi connectivity index (χ4v) is 5.20. The fraction of sp³-hybridized carbons (Fsp3) is 0.481. The molecule has 0 aliphatic heterocycles. The predicted molar refractivity (Wildman–Crippen MR) is 141 cm³/mol. The first-order valence-electron chi connectivity index (χ1n) is 12.4. The average Bonchev–Trinajstić information content (AvgIpc) is 3.35. The van der Waals surface area contributed by atoms with E-state index in [1.54, 1.807) is 31.2 Å². The molecule has 1 saturated carbocycles. The van der Waals surface area contributed by atoms with Gasteiger partial charge in [0.25, 0.3) is 0 Å². The number of anilines is 1. The van der Waals surface area contributed by atoms with Gasteiger partial charge in [-0.1, -0.05) is 42.7 Å². The van der Waals surface area contributed by atoms with Crippen LogP contribution in [0.3, 0.4) is 0 Å². The van der Waals surface area contributed by atoms with Gasteiger partial charge in [0.05, 0.1) is 18.6 Å². The Hall–Kier alpha value is -3.07. The van der Waals surface area contributed by atoms with Crippen molar-refractivity contribution in [1.29, 1.82) is 0 Å². The molecule has 9 heteroatoms. The molecule has 0 bridgehead atoms. The monoisotopic (exact) mass is 515 g/mol. The highest BCUT2D eigenvalue weighted by Crippen LogP contribution is 2.23. The van der Waals surface area contributed by atoms with E-state index in [9.17, 15) is 18.0 Å². The summed E-state index contributed by atoms with van der Waals surface area (Å²) in [6.45, 7) is 5.80. The van der Waals surface area contributed by atoms with Crippen LogP contribution >= 0.6 is 0 Å². The fourth-order valence-electron chi connectivity index (χ4n) is 4.35. The Labute approximate surface area is 214 Å². The Kier molecular flexibility index (Phi) is 9.37. The third kappa shape index (κ3) is 7.46. The van der Waals surface area contributed by atoms with Crippen LogP contribution in [0.5, 0.6) is 5.75 Å². The van der Waals surface area contributed by atoms with Gasteiger partial charge in [0.15, 0.2) is 0 Å².